The Balaban J connectivity index is 1.97. The zero-order valence-corrected chi connectivity index (χ0v) is 10.2. The molecule has 0 bridgehead atoms. The molecular weight excluding hydrogens is 244 g/mol. The van der Waals surface area contributed by atoms with E-state index in [0.717, 1.165) is 10.5 Å². The smallest absolute Gasteiger partial charge is 0.225 e. The van der Waals surface area contributed by atoms with Crippen molar-refractivity contribution in [1.82, 2.24) is 19.9 Å². The standard InChI is InChI=1S/C10H11ClN4S/c11-10-14-8-7(12-5-13-8)9(15-10)16-6-3-1-2-4-6/h5-6H,1-4H2,(H,12,13,14,15). The highest BCUT2D eigenvalue weighted by Gasteiger charge is 2.19. The molecule has 1 saturated carbocycles. The van der Waals surface area contributed by atoms with Crippen molar-refractivity contribution in [3.8, 4) is 0 Å². The van der Waals surface area contributed by atoms with E-state index >= 15 is 0 Å². The molecule has 1 fully saturated rings. The van der Waals surface area contributed by atoms with E-state index < -0.39 is 0 Å². The van der Waals surface area contributed by atoms with Gasteiger partial charge in [0, 0.05) is 5.25 Å². The number of imidazole rings is 1. The highest BCUT2D eigenvalue weighted by atomic mass is 35.5. The molecule has 0 spiro atoms. The SMILES string of the molecule is Clc1nc(SC2CCCC2)c2[nH]cnc2n1. The van der Waals surface area contributed by atoms with Gasteiger partial charge in [-0.1, -0.05) is 12.8 Å². The second kappa shape index (κ2) is 4.22. The van der Waals surface area contributed by atoms with Gasteiger partial charge in [-0.2, -0.15) is 4.98 Å². The minimum absolute atomic E-state index is 0.278. The Morgan fingerprint density at radius 3 is 2.94 bits per heavy atom. The van der Waals surface area contributed by atoms with Crippen LogP contribution in [0.3, 0.4) is 0 Å². The average Bonchev–Trinajstić information content (AvgIpc) is 2.87. The first-order valence-electron chi connectivity index (χ1n) is 5.36. The number of thioether (sulfide) groups is 1. The number of fused-ring (bicyclic) bond motifs is 1. The van der Waals surface area contributed by atoms with E-state index in [4.69, 9.17) is 11.6 Å². The largest absolute Gasteiger partial charge is 0.341 e. The molecular formula is C10H11ClN4S. The van der Waals surface area contributed by atoms with E-state index in [9.17, 15) is 0 Å². The molecule has 4 nitrogen and oxygen atoms in total. The molecule has 3 rings (SSSR count). The van der Waals surface area contributed by atoms with E-state index in [-0.39, 0.29) is 5.28 Å². The molecule has 6 heteroatoms. The van der Waals surface area contributed by atoms with E-state index in [1.54, 1.807) is 18.1 Å². The molecule has 0 amide bonds. The molecule has 1 N–H and O–H groups in total. The maximum Gasteiger partial charge on any atom is 0.225 e. The Labute approximate surface area is 102 Å². The molecule has 2 aromatic heterocycles. The van der Waals surface area contributed by atoms with Gasteiger partial charge in [-0.05, 0) is 24.4 Å². The van der Waals surface area contributed by atoms with Gasteiger partial charge < -0.3 is 4.98 Å². The number of hydrogen-bond donors (Lipinski definition) is 1. The Morgan fingerprint density at radius 2 is 2.12 bits per heavy atom. The fourth-order valence-electron chi connectivity index (χ4n) is 2.03. The summed E-state index contributed by atoms with van der Waals surface area (Å²) in [6.45, 7) is 0. The molecule has 2 aromatic rings. The summed E-state index contributed by atoms with van der Waals surface area (Å²) in [6, 6.07) is 0. The second-order valence-electron chi connectivity index (χ2n) is 3.92. The van der Waals surface area contributed by atoms with Gasteiger partial charge in [0.05, 0.1) is 6.33 Å². The lowest BCUT2D eigenvalue weighted by atomic mass is 10.4. The van der Waals surface area contributed by atoms with Crippen molar-refractivity contribution in [2.24, 2.45) is 0 Å². The van der Waals surface area contributed by atoms with Crippen LogP contribution in [0, 0.1) is 0 Å². The molecule has 16 heavy (non-hydrogen) atoms. The summed E-state index contributed by atoms with van der Waals surface area (Å²) in [6.07, 6.45) is 6.81. The highest BCUT2D eigenvalue weighted by Crippen LogP contribution is 2.36. The molecule has 2 heterocycles. The summed E-state index contributed by atoms with van der Waals surface area (Å²) in [5, 5.41) is 1.87. The van der Waals surface area contributed by atoms with Crippen LogP contribution in [0.5, 0.6) is 0 Å². The maximum absolute atomic E-state index is 5.88. The first-order chi connectivity index (χ1) is 7.83. The Morgan fingerprint density at radius 1 is 1.31 bits per heavy atom. The van der Waals surface area contributed by atoms with Crippen molar-refractivity contribution in [3.63, 3.8) is 0 Å². The number of nitrogens with zero attached hydrogens (tertiary/aromatic N) is 3. The fourth-order valence-corrected chi connectivity index (χ4v) is 3.54. The first-order valence-corrected chi connectivity index (χ1v) is 6.62. The maximum atomic E-state index is 5.88. The number of rotatable bonds is 2. The minimum atomic E-state index is 0.278. The number of hydrogen-bond acceptors (Lipinski definition) is 4. The summed E-state index contributed by atoms with van der Waals surface area (Å²) in [5.41, 5.74) is 1.56. The molecule has 0 radical (unpaired) electrons. The van der Waals surface area contributed by atoms with Crippen molar-refractivity contribution in [1.29, 1.82) is 0 Å². The van der Waals surface area contributed by atoms with Crippen LogP contribution in [0.15, 0.2) is 11.4 Å². The highest BCUT2D eigenvalue weighted by molar-refractivity contribution is 8.00. The molecule has 1 aliphatic carbocycles. The monoisotopic (exact) mass is 254 g/mol. The third kappa shape index (κ3) is 1.89. The quantitative estimate of drug-likeness (QED) is 0.661. The summed E-state index contributed by atoms with van der Waals surface area (Å²) in [7, 11) is 0. The summed E-state index contributed by atoms with van der Waals surface area (Å²) < 4.78 is 0. The molecule has 0 unspecified atom stereocenters. The van der Waals surface area contributed by atoms with E-state index in [1.807, 2.05) is 0 Å². The molecule has 0 aliphatic heterocycles. The Hall–Kier alpha value is -0.810. The molecule has 0 atom stereocenters. The van der Waals surface area contributed by atoms with Gasteiger partial charge in [0.2, 0.25) is 5.28 Å². The lowest BCUT2D eigenvalue weighted by Crippen LogP contribution is -1.97. The van der Waals surface area contributed by atoms with Gasteiger partial charge in [0.25, 0.3) is 0 Å². The van der Waals surface area contributed by atoms with Gasteiger partial charge in [-0.15, -0.1) is 11.8 Å². The average molecular weight is 255 g/mol. The number of nitrogens with one attached hydrogen (secondary N) is 1. The predicted octanol–water partition coefficient (Wildman–Crippen LogP) is 3.04. The van der Waals surface area contributed by atoms with Crippen LogP contribution >= 0.6 is 23.4 Å². The third-order valence-corrected chi connectivity index (χ3v) is 4.30. The molecule has 0 saturated heterocycles. The fraction of sp³-hybridized carbons (Fsp3) is 0.500. The lowest BCUT2D eigenvalue weighted by molar-refractivity contribution is 0.886. The minimum Gasteiger partial charge on any atom is -0.341 e. The molecule has 84 valence electrons. The summed E-state index contributed by atoms with van der Waals surface area (Å²) >= 11 is 7.67. The third-order valence-electron chi connectivity index (χ3n) is 2.81. The Kier molecular flexibility index (Phi) is 2.73. The van der Waals surface area contributed by atoms with Gasteiger partial charge in [-0.25, -0.2) is 9.97 Å². The van der Waals surface area contributed by atoms with Crippen molar-refractivity contribution >= 4 is 34.5 Å². The topological polar surface area (TPSA) is 54.5 Å². The first kappa shape index (κ1) is 10.4. The van der Waals surface area contributed by atoms with E-state index in [1.165, 1.54) is 25.7 Å². The second-order valence-corrected chi connectivity index (χ2v) is 5.55. The lowest BCUT2D eigenvalue weighted by Gasteiger charge is -2.07. The zero-order chi connectivity index (χ0) is 11.0. The zero-order valence-electron chi connectivity index (χ0n) is 8.61. The van der Waals surface area contributed by atoms with E-state index in [0.29, 0.717) is 10.9 Å². The van der Waals surface area contributed by atoms with Crippen molar-refractivity contribution in [2.45, 2.75) is 36.0 Å². The van der Waals surface area contributed by atoms with Crippen molar-refractivity contribution < 1.29 is 0 Å². The van der Waals surface area contributed by atoms with Crippen LogP contribution < -0.4 is 0 Å². The molecule has 1 aliphatic rings. The summed E-state index contributed by atoms with van der Waals surface area (Å²) in [4.78, 5) is 15.5. The van der Waals surface area contributed by atoms with Crippen LogP contribution in [-0.2, 0) is 0 Å². The normalized spacial score (nSPS) is 17.3. The van der Waals surface area contributed by atoms with Crippen molar-refractivity contribution in [2.75, 3.05) is 0 Å². The van der Waals surface area contributed by atoms with Crippen molar-refractivity contribution in [3.05, 3.63) is 11.6 Å². The van der Waals surface area contributed by atoms with Crippen LogP contribution in [0.4, 0.5) is 0 Å². The molecule has 0 aromatic carbocycles. The van der Waals surface area contributed by atoms with Crippen LogP contribution in [0.25, 0.3) is 11.2 Å². The van der Waals surface area contributed by atoms with Crippen LogP contribution in [0.2, 0.25) is 5.28 Å². The predicted molar refractivity (Wildman–Crippen MR) is 64.8 cm³/mol. The van der Waals surface area contributed by atoms with Gasteiger partial charge in [-0.3, -0.25) is 0 Å². The summed E-state index contributed by atoms with van der Waals surface area (Å²) in [5.74, 6) is 0. The number of H-pyrrole nitrogens is 1. The van der Waals surface area contributed by atoms with Crippen LogP contribution in [0.1, 0.15) is 25.7 Å². The number of aromatic nitrogens is 4. The van der Waals surface area contributed by atoms with Gasteiger partial charge in [0.15, 0.2) is 5.65 Å². The van der Waals surface area contributed by atoms with Gasteiger partial charge >= 0.3 is 0 Å². The Bertz CT molecular complexity index is 506. The van der Waals surface area contributed by atoms with Crippen LogP contribution in [-0.4, -0.2) is 25.2 Å². The number of aromatic amines is 1. The van der Waals surface area contributed by atoms with E-state index in [2.05, 4.69) is 19.9 Å². The van der Waals surface area contributed by atoms with Gasteiger partial charge in [0.1, 0.15) is 10.5 Å². The number of halogens is 1.